The molecular formula is C17H25N5O2. The molecule has 0 bridgehead atoms. The zero-order valence-corrected chi connectivity index (χ0v) is 15.0. The second kappa shape index (κ2) is 7.42. The molecule has 7 heteroatoms. The molecule has 24 heavy (non-hydrogen) atoms. The lowest BCUT2D eigenvalue weighted by Gasteiger charge is -2.08. The summed E-state index contributed by atoms with van der Waals surface area (Å²) in [7, 11) is 0. The molecule has 0 radical (unpaired) electrons. The monoisotopic (exact) mass is 331 g/mol. The third-order valence-corrected chi connectivity index (χ3v) is 4.21. The van der Waals surface area contributed by atoms with Crippen LogP contribution in [0.4, 0.5) is 0 Å². The Bertz CT molecular complexity index is 804. The highest BCUT2D eigenvalue weighted by atomic mass is 16.2. The van der Waals surface area contributed by atoms with Gasteiger partial charge in [-0.2, -0.15) is 5.10 Å². The first-order valence-electron chi connectivity index (χ1n) is 8.19. The predicted octanol–water partition coefficient (Wildman–Crippen LogP) is 1.12. The molecule has 7 nitrogen and oxygen atoms in total. The molecule has 0 fully saturated rings. The van der Waals surface area contributed by atoms with Gasteiger partial charge in [-0.1, -0.05) is 6.92 Å². The number of aromatic nitrogens is 4. The third-order valence-electron chi connectivity index (χ3n) is 4.21. The number of aromatic amines is 1. The quantitative estimate of drug-likeness (QED) is 0.829. The fraction of sp³-hybridized carbons (Fsp3) is 0.529. The van der Waals surface area contributed by atoms with Gasteiger partial charge in [-0.25, -0.2) is 4.98 Å². The lowest BCUT2D eigenvalue weighted by atomic mass is 10.1. The molecule has 0 saturated carbocycles. The number of carbonyl (C=O) groups is 1. The molecule has 0 saturated heterocycles. The number of aryl methyl sites for hydroxylation is 3. The maximum Gasteiger partial charge on any atom is 0.254 e. The van der Waals surface area contributed by atoms with Gasteiger partial charge in [0, 0.05) is 23.5 Å². The van der Waals surface area contributed by atoms with Gasteiger partial charge in [0.25, 0.3) is 5.56 Å². The van der Waals surface area contributed by atoms with E-state index in [1.165, 1.54) is 5.56 Å². The summed E-state index contributed by atoms with van der Waals surface area (Å²) in [5, 5.41) is 7.34. The lowest BCUT2D eigenvalue weighted by Crippen LogP contribution is -2.31. The van der Waals surface area contributed by atoms with E-state index >= 15 is 0 Å². The van der Waals surface area contributed by atoms with Crippen molar-refractivity contribution in [3.63, 3.8) is 0 Å². The van der Waals surface area contributed by atoms with Crippen LogP contribution in [0.1, 0.15) is 41.0 Å². The fourth-order valence-electron chi connectivity index (χ4n) is 2.95. The van der Waals surface area contributed by atoms with E-state index in [-0.39, 0.29) is 17.9 Å². The molecule has 0 unspecified atom stereocenters. The van der Waals surface area contributed by atoms with Gasteiger partial charge < -0.3 is 10.3 Å². The second-order valence-corrected chi connectivity index (χ2v) is 5.97. The number of nitrogens with zero attached hydrogens (tertiary/aromatic N) is 3. The number of hydrogen-bond acceptors (Lipinski definition) is 4. The van der Waals surface area contributed by atoms with Crippen molar-refractivity contribution in [1.82, 2.24) is 25.1 Å². The van der Waals surface area contributed by atoms with Gasteiger partial charge in [0.15, 0.2) is 0 Å². The molecule has 2 aromatic rings. The number of carbonyl (C=O) groups excluding carboxylic acids is 1. The minimum atomic E-state index is -0.249. The van der Waals surface area contributed by atoms with Gasteiger partial charge in [-0.15, -0.1) is 0 Å². The minimum Gasteiger partial charge on any atom is -0.354 e. The first-order chi connectivity index (χ1) is 11.3. The van der Waals surface area contributed by atoms with E-state index < -0.39 is 0 Å². The Morgan fingerprint density at radius 1 is 1.17 bits per heavy atom. The highest BCUT2D eigenvalue weighted by Gasteiger charge is 2.12. The smallest absolute Gasteiger partial charge is 0.254 e. The van der Waals surface area contributed by atoms with Gasteiger partial charge in [0.1, 0.15) is 5.82 Å². The van der Waals surface area contributed by atoms with Gasteiger partial charge >= 0.3 is 0 Å². The average molecular weight is 331 g/mol. The van der Waals surface area contributed by atoms with Crippen LogP contribution in [0.2, 0.25) is 0 Å². The number of H-pyrrole nitrogens is 1. The highest BCUT2D eigenvalue weighted by molar-refractivity contribution is 5.78. The molecule has 2 rings (SSSR count). The molecule has 0 aliphatic carbocycles. The van der Waals surface area contributed by atoms with Crippen LogP contribution >= 0.6 is 0 Å². The van der Waals surface area contributed by atoms with E-state index in [2.05, 4.69) is 27.3 Å². The summed E-state index contributed by atoms with van der Waals surface area (Å²) in [4.78, 5) is 30.8. The molecule has 0 aliphatic rings. The van der Waals surface area contributed by atoms with E-state index in [0.717, 1.165) is 17.8 Å². The van der Waals surface area contributed by atoms with Crippen molar-refractivity contribution < 1.29 is 4.79 Å². The van der Waals surface area contributed by atoms with Crippen LogP contribution < -0.4 is 10.9 Å². The second-order valence-electron chi connectivity index (χ2n) is 5.97. The summed E-state index contributed by atoms with van der Waals surface area (Å²) in [5.41, 5.74) is 4.19. The number of rotatable bonds is 6. The maximum absolute atomic E-state index is 12.1. The van der Waals surface area contributed by atoms with Crippen molar-refractivity contribution in [1.29, 1.82) is 0 Å². The van der Waals surface area contributed by atoms with Crippen LogP contribution in [0.5, 0.6) is 0 Å². The van der Waals surface area contributed by atoms with E-state index in [1.807, 2.05) is 18.5 Å². The zero-order chi connectivity index (χ0) is 17.9. The summed E-state index contributed by atoms with van der Waals surface area (Å²) in [6.45, 7) is 10.7. The van der Waals surface area contributed by atoms with E-state index in [0.29, 0.717) is 30.2 Å². The Morgan fingerprint density at radius 2 is 1.88 bits per heavy atom. The van der Waals surface area contributed by atoms with Crippen LogP contribution in [0.25, 0.3) is 0 Å². The molecule has 0 atom stereocenters. The summed E-state index contributed by atoms with van der Waals surface area (Å²) < 4.78 is 1.92. The first kappa shape index (κ1) is 17.9. The van der Waals surface area contributed by atoms with Crippen LogP contribution in [0.3, 0.4) is 0 Å². The van der Waals surface area contributed by atoms with E-state index in [1.54, 1.807) is 13.8 Å². The summed E-state index contributed by atoms with van der Waals surface area (Å²) in [6.07, 6.45) is 0.984. The van der Waals surface area contributed by atoms with E-state index in [9.17, 15) is 9.59 Å². The van der Waals surface area contributed by atoms with Gasteiger partial charge in [-0.3, -0.25) is 14.3 Å². The lowest BCUT2D eigenvalue weighted by molar-refractivity contribution is -0.120. The normalized spacial score (nSPS) is 10.9. The maximum atomic E-state index is 12.1. The molecule has 0 spiro atoms. The number of amides is 1. The van der Waals surface area contributed by atoms with Crippen molar-refractivity contribution in [2.75, 3.05) is 6.54 Å². The molecule has 0 aromatic carbocycles. The predicted molar refractivity (Wildman–Crippen MR) is 92.1 cm³/mol. The van der Waals surface area contributed by atoms with Crippen molar-refractivity contribution in [2.45, 2.75) is 54.0 Å². The Kier molecular flexibility index (Phi) is 5.54. The van der Waals surface area contributed by atoms with Gasteiger partial charge in [0.05, 0.1) is 18.7 Å². The molecule has 0 aliphatic heterocycles. The summed E-state index contributed by atoms with van der Waals surface area (Å²) >= 11 is 0. The topological polar surface area (TPSA) is 92.7 Å². The standard InChI is InChI=1S/C17H25N5O2/c1-6-14-11(3)21-22(12(14)4)8-7-18-16(23)9-15-10(2)19-13(5)20-17(15)24/h6-9H2,1-5H3,(H,18,23)(H,19,20,24). The molecular weight excluding hydrogens is 306 g/mol. The molecule has 130 valence electrons. The first-order valence-corrected chi connectivity index (χ1v) is 8.19. The molecule has 2 heterocycles. The van der Waals surface area contributed by atoms with Gasteiger partial charge in [-0.05, 0) is 39.7 Å². The largest absolute Gasteiger partial charge is 0.354 e. The van der Waals surface area contributed by atoms with Crippen LogP contribution in [0.15, 0.2) is 4.79 Å². The summed E-state index contributed by atoms with van der Waals surface area (Å²) in [6, 6.07) is 0. The Hall–Kier alpha value is -2.44. The van der Waals surface area contributed by atoms with Crippen LogP contribution in [-0.4, -0.2) is 32.2 Å². The Labute approximate surface area is 141 Å². The molecule has 1 amide bonds. The summed E-state index contributed by atoms with van der Waals surface area (Å²) in [5.74, 6) is 0.365. The molecule has 2 aromatic heterocycles. The van der Waals surface area contributed by atoms with Crippen molar-refractivity contribution in [3.8, 4) is 0 Å². The number of nitrogens with one attached hydrogen (secondary N) is 2. The zero-order valence-electron chi connectivity index (χ0n) is 15.0. The SMILES string of the molecule is CCc1c(C)nn(CCNC(=O)Cc2c(C)nc(C)[nH]c2=O)c1C. The fourth-order valence-corrected chi connectivity index (χ4v) is 2.95. The average Bonchev–Trinajstić information content (AvgIpc) is 2.77. The molecule has 2 N–H and O–H groups in total. The van der Waals surface area contributed by atoms with Gasteiger partial charge in [0.2, 0.25) is 5.91 Å². The Morgan fingerprint density at radius 3 is 2.46 bits per heavy atom. The third kappa shape index (κ3) is 3.90. The van der Waals surface area contributed by atoms with Crippen molar-refractivity contribution >= 4 is 5.91 Å². The minimum absolute atomic E-state index is 0.0335. The van der Waals surface area contributed by atoms with Crippen LogP contribution in [-0.2, 0) is 24.2 Å². The highest BCUT2D eigenvalue weighted by Crippen LogP contribution is 2.12. The van der Waals surface area contributed by atoms with E-state index in [4.69, 9.17) is 0 Å². The Balaban J connectivity index is 1.94. The van der Waals surface area contributed by atoms with Crippen LogP contribution in [0, 0.1) is 27.7 Å². The number of hydrogen-bond donors (Lipinski definition) is 2. The van der Waals surface area contributed by atoms with Crippen molar-refractivity contribution in [3.05, 3.63) is 44.4 Å². The van der Waals surface area contributed by atoms with Crippen molar-refractivity contribution in [2.24, 2.45) is 0 Å².